The summed E-state index contributed by atoms with van der Waals surface area (Å²) >= 11 is 1.98. The fourth-order valence-corrected chi connectivity index (χ4v) is 4.18. The maximum atomic E-state index is 13.3. The molecule has 0 radical (unpaired) electrons. The molecule has 1 aliphatic rings. The average molecular weight is 623 g/mol. The molecule has 1 fully saturated rings. The minimum absolute atomic E-state index is 0.196. The maximum Gasteiger partial charge on any atom is 0.335 e. The molecule has 2 aromatic rings. The van der Waals surface area contributed by atoms with Crippen LogP contribution in [0.5, 0.6) is 23.0 Å². The molecular weight excluding hydrogens is 597 g/mol. The van der Waals surface area contributed by atoms with Crippen LogP contribution in [0.3, 0.4) is 0 Å². The van der Waals surface area contributed by atoms with Crippen molar-refractivity contribution in [3.8, 4) is 23.0 Å². The molecule has 0 aromatic heterocycles. The lowest BCUT2D eigenvalue weighted by molar-refractivity contribution is -0.123. The number of benzene rings is 2. The van der Waals surface area contributed by atoms with Crippen LogP contribution in [0.25, 0.3) is 6.08 Å². The number of barbiturate groups is 1. The van der Waals surface area contributed by atoms with Gasteiger partial charge in [-0.15, -0.1) is 0 Å². The highest BCUT2D eigenvalue weighted by Gasteiger charge is 2.37. The maximum absolute atomic E-state index is 13.3. The lowest BCUT2D eigenvalue weighted by atomic mass is 10.1. The summed E-state index contributed by atoms with van der Waals surface area (Å²) in [4.78, 5) is 50.6. The molecule has 3 rings (SSSR count). The molecule has 0 spiro atoms. The van der Waals surface area contributed by atoms with E-state index in [2.05, 4.69) is 5.32 Å². The van der Waals surface area contributed by atoms with Crippen molar-refractivity contribution in [3.05, 3.63) is 45.0 Å². The number of amides is 5. The van der Waals surface area contributed by atoms with Crippen LogP contribution in [0.15, 0.2) is 35.9 Å². The number of nitrogens with zero attached hydrogens (tertiary/aromatic N) is 1. The number of anilines is 1. The minimum Gasteiger partial charge on any atom is -0.493 e. The summed E-state index contributed by atoms with van der Waals surface area (Å²) in [6.07, 6.45) is 2.13. The molecule has 37 heavy (non-hydrogen) atoms. The van der Waals surface area contributed by atoms with Gasteiger partial charge in [0.25, 0.3) is 17.7 Å². The predicted octanol–water partition coefficient (Wildman–Crippen LogP) is 3.02. The SMILES string of the molecule is CCCOc1ccc(N2C(=O)NC(=O)/C(=C\c3cc(I)c(OCC(N)=O)c(OCC)c3)C2=O)cc1OC. The molecule has 1 aliphatic heterocycles. The van der Waals surface area contributed by atoms with Crippen molar-refractivity contribution in [1.82, 2.24) is 5.32 Å². The number of hydrogen-bond donors (Lipinski definition) is 2. The van der Waals surface area contributed by atoms with Gasteiger partial charge in [0.15, 0.2) is 29.6 Å². The Bertz CT molecular complexity index is 1260. The Hall–Kier alpha value is -3.81. The number of halogens is 1. The molecule has 196 valence electrons. The van der Waals surface area contributed by atoms with E-state index in [-0.39, 0.29) is 17.9 Å². The number of carbonyl (C=O) groups excluding carboxylic acids is 4. The van der Waals surface area contributed by atoms with E-state index < -0.39 is 23.8 Å². The molecule has 0 atom stereocenters. The molecule has 2 aromatic carbocycles. The topological polar surface area (TPSA) is 146 Å². The van der Waals surface area contributed by atoms with Crippen LogP contribution in [-0.2, 0) is 14.4 Å². The molecule has 0 aliphatic carbocycles. The van der Waals surface area contributed by atoms with Gasteiger partial charge >= 0.3 is 6.03 Å². The van der Waals surface area contributed by atoms with Gasteiger partial charge < -0.3 is 24.7 Å². The van der Waals surface area contributed by atoms with E-state index >= 15 is 0 Å². The van der Waals surface area contributed by atoms with Gasteiger partial charge in [-0.05, 0) is 71.8 Å². The van der Waals surface area contributed by atoms with E-state index in [4.69, 9.17) is 24.7 Å². The summed E-state index contributed by atoms with van der Waals surface area (Å²) in [7, 11) is 1.44. The van der Waals surface area contributed by atoms with Crippen LogP contribution in [0.4, 0.5) is 10.5 Å². The van der Waals surface area contributed by atoms with Gasteiger partial charge in [0.05, 0.1) is 29.6 Å². The van der Waals surface area contributed by atoms with E-state index in [9.17, 15) is 19.2 Å². The van der Waals surface area contributed by atoms with Crippen molar-refractivity contribution in [2.45, 2.75) is 20.3 Å². The number of nitrogens with one attached hydrogen (secondary N) is 1. The summed E-state index contributed by atoms with van der Waals surface area (Å²) in [5.74, 6) is -0.926. The number of ether oxygens (including phenoxy) is 4. The van der Waals surface area contributed by atoms with Crippen molar-refractivity contribution < 1.29 is 38.1 Å². The van der Waals surface area contributed by atoms with Crippen LogP contribution in [-0.4, -0.2) is 50.7 Å². The Balaban J connectivity index is 1.99. The summed E-state index contributed by atoms with van der Waals surface area (Å²) in [5.41, 5.74) is 5.54. The minimum atomic E-state index is -0.892. The quantitative estimate of drug-likeness (QED) is 0.221. The van der Waals surface area contributed by atoms with Gasteiger partial charge in [0, 0.05) is 6.07 Å². The molecule has 11 nitrogen and oxygen atoms in total. The van der Waals surface area contributed by atoms with Crippen LogP contribution in [0.1, 0.15) is 25.8 Å². The molecule has 0 saturated carbocycles. The van der Waals surface area contributed by atoms with Crippen LogP contribution < -0.4 is 34.9 Å². The van der Waals surface area contributed by atoms with Gasteiger partial charge in [-0.25, -0.2) is 9.69 Å². The molecule has 1 saturated heterocycles. The first-order valence-corrected chi connectivity index (χ1v) is 12.4. The Kier molecular flexibility index (Phi) is 9.33. The number of primary amides is 1. The third-order valence-electron chi connectivity index (χ3n) is 4.97. The number of rotatable bonds is 11. The summed E-state index contributed by atoms with van der Waals surface area (Å²) in [6, 6.07) is 6.90. The lowest BCUT2D eigenvalue weighted by Gasteiger charge is -2.27. The molecule has 3 N–H and O–H groups in total. The van der Waals surface area contributed by atoms with E-state index in [0.717, 1.165) is 11.3 Å². The molecule has 0 unspecified atom stereocenters. The van der Waals surface area contributed by atoms with Gasteiger partial charge in [0.1, 0.15) is 5.57 Å². The monoisotopic (exact) mass is 623 g/mol. The fraction of sp³-hybridized carbons (Fsp3) is 0.280. The number of methoxy groups -OCH3 is 1. The van der Waals surface area contributed by atoms with Crippen molar-refractivity contribution in [1.29, 1.82) is 0 Å². The predicted molar refractivity (Wildman–Crippen MR) is 143 cm³/mol. The first-order valence-electron chi connectivity index (χ1n) is 11.3. The largest absolute Gasteiger partial charge is 0.493 e. The summed E-state index contributed by atoms with van der Waals surface area (Å²) in [5, 5.41) is 2.19. The average Bonchev–Trinajstić information content (AvgIpc) is 2.85. The summed E-state index contributed by atoms with van der Waals surface area (Å²) < 4.78 is 22.6. The zero-order valence-corrected chi connectivity index (χ0v) is 22.6. The second kappa shape index (κ2) is 12.4. The van der Waals surface area contributed by atoms with Gasteiger partial charge in [-0.2, -0.15) is 0 Å². The molecule has 1 heterocycles. The highest BCUT2D eigenvalue weighted by Crippen LogP contribution is 2.36. The van der Waals surface area contributed by atoms with Crippen molar-refractivity contribution in [3.63, 3.8) is 0 Å². The second-order valence-corrected chi connectivity index (χ2v) is 8.82. The molecule has 0 bridgehead atoms. The lowest BCUT2D eigenvalue weighted by Crippen LogP contribution is -2.54. The zero-order valence-electron chi connectivity index (χ0n) is 20.5. The van der Waals surface area contributed by atoms with Gasteiger partial charge in [-0.1, -0.05) is 6.92 Å². The third kappa shape index (κ3) is 6.50. The van der Waals surface area contributed by atoms with Crippen LogP contribution in [0.2, 0.25) is 0 Å². The number of carbonyl (C=O) groups is 4. The molecular formula is C25H26IN3O8. The van der Waals surface area contributed by atoms with E-state index in [1.165, 1.54) is 25.3 Å². The number of urea groups is 1. The van der Waals surface area contributed by atoms with Crippen molar-refractivity contribution >= 4 is 58.1 Å². The third-order valence-corrected chi connectivity index (χ3v) is 5.77. The number of hydrogen-bond acceptors (Lipinski definition) is 8. The standard InChI is InChI=1S/C25H26IN3O8/c1-4-8-36-18-7-6-15(12-19(18)34-3)29-24(32)16(23(31)28-25(29)33)9-14-10-17(26)22(37-13-21(27)30)20(11-14)35-5-2/h6-7,9-12H,4-5,8,13H2,1-3H3,(H2,27,30)(H,28,31,33)/b16-9+. The number of imide groups is 2. The second-order valence-electron chi connectivity index (χ2n) is 7.66. The zero-order chi connectivity index (χ0) is 27.1. The summed E-state index contributed by atoms with van der Waals surface area (Å²) in [6.45, 7) is 4.15. The highest BCUT2D eigenvalue weighted by atomic mass is 127. The van der Waals surface area contributed by atoms with E-state index in [1.54, 1.807) is 25.1 Å². The Morgan fingerprint density at radius 1 is 1.05 bits per heavy atom. The fourth-order valence-electron chi connectivity index (χ4n) is 3.40. The number of nitrogens with two attached hydrogens (primary N) is 1. The highest BCUT2D eigenvalue weighted by molar-refractivity contribution is 14.1. The van der Waals surface area contributed by atoms with Crippen LogP contribution in [0, 0.1) is 3.57 Å². The Labute approximate surface area is 227 Å². The van der Waals surface area contributed by atoms with Gasteiger partial charge in [-0.3, -0.25) is 19.7 Å². The Morgan fingerprint density at radius 3 is 2.46 bits per heavy atom. The van der Waals surface area contributed by atoms with Crippen molar-refractivity contribution in [2.75, 3.05) is 31.8 Å². The smallest absolute Gasteiger partial charge is 0.335 e. The van der Waals surface area contributed by atoms with E-state index in [0.29, 0.717) is 45.3 Å². The van der Waals surface area contributed by atoms with Crippen molar-refractivity contribution in [2.24, 2.45) is 5.73 Å². The normalized spacial score (nSPS) is 14.4. The first-order chi connectivity index (χ1) is 17.7. The molecule has 12 heteroatoms. The first kappa shape index (κ1) is 27.8. The van der Waals surface area contributed by atoms with Crippen LogP contribution >= 0.6 is 22.6 Å². The molecule has 5 amide bonds. The Morgan fingerprint density at radius 2 is 1.81 bits per heavy atom. The van der Waals surface area contributed by atoms with Gasteiger partial charge in [0.2, 0.25) is 0 Å². The van der Waals surface area contributed by atoms with E-state index in [1.807, 2.05) is 29.5 Å².